The summed E-state index contributed by atoms with van der Waals surface area (Å²) < 4.78 is 23.3. The molecule has 2 unspecified atom stereocenters. The van der Waals surface area contributed by atoms with E-state index >= 15 is 0 Å². The average molecular weight is 683 g/mol. The summed E-state index contributed by atoms with van der Waals surface area (Å²) >= 11 is 0. The van der Waals surface area contributed by atoms with E-state index in [0.717, 1.165) is 18.7 Å². The van der Waals surface area contributed by atoms with Crippen molar-refractivity contribution in [3.8, 4) is 0 Å². The largest absolute Gasteiger partial charge is 0.481 e. The number of nitrogens with zero attached hydrogens (tertiary/aromatic N) is 1. The van der Waals surface area contributed by atoms with Gasteiger partial charge in [-0.25, -0.2) is 4.79 Å². The average Bonchev–Trinajstić information content (AvgIpc) is 2.97. The van der Waals surface area contributed by atoms with Crippen molar-refractivity contribution in [2.24, 2.45) is 5.73 Å². The van der Waals surface area contributed by atoms with Crippen molar-refractivity contribution in [2.45, 2.75) is 120 Å². The van der Waals surface area contributed by atoms with Crippen LogP contribution in [-0.4, -0.2) is 170 Å². The quantitative estimate of drug-likeness (QED) is 0.0727. The number of carboxylic acid groups (broad SMARTS) is 2. The van der Waals surface area contributed by atoms with Crippen molar-refractivity contribution >= 4 is 29.7 Å². The minimum absolute atomic E-state index is 0.470. The lowest BCUT2D eigenvalue weighted by Crippen LogP contribution is -2.69. The zero-order valence-corrected chi connectivity index (χ0v) is 26.4. The molecule has 0 aromatic rings. The Balaban J connectivity index is 2.53. The number of aliphatic hydroxyl groups excluding tert-OH is 5. The number of nitrogens with two attached hydrogens (primary N) is 1. The zero-order chi connectivity index (χ0) is 35.7. The summed E-state index contributed by atoms with van der Waals surface area (Å²) in [6, 6.07) is -5.71. The maximum atomic E-state index is 13.0. The van der Waals surface area contributed by atoms with Gasteiger partial charge in [-0.05, 0) is 20.3 Å². The van der Waals surface area contributed by atoms with E-state index in [1.165, 1.54) is 13.8 Å². The fraction of sp³-hybridized carbons (Fsp3) is 0.815. The van der Waals surface area contributed by atoms with E-state index in [9.17, 15) is 54.6 Å². The molecule has 20 nitrogen and oxygen atoms in total. The number of amides is 3. The third kappa shape index (κ3) is 10.7. The minimum Gasteiger partial charge on any atom is -0.481 e. The zero-order valence-electron chi connectivity index (χ0n) is 26.4. The number of hydrogen-bond donors (Lipinski definition) is 10. The molecular weight excluding hydrogens is 636 g/mol. The normalized spacial score (nSPS) is 32.8. The molecular formula is C27H46N4O16. The van der Waals surface area contributed by atoms with Crippen LogP contribution >= 0.6 is 0 Å². The molecule has 0 aromatic carbocycles. The SMILES string of the molecule is CC(=O)N[C@@H]1[C@@H](OC(C)CN(C(=O)[C@H](C)N)[C@H](CCC(=O)O)C(=O)O)[C@H](OC2O[C@H](CO)[C@@H](O)[C@H](O)[C@H]2NC(C)=O)[C@@H](CO)O[C@@H]1O. The number of carbonyl (C=O) groups is 5. The summed E-state index contributed by atoms with van der Waals surface area (Å²) in [5.41, 5.74) is 5.75. The third-order valence-corrected chi connectivity index (χ3v) is 7.57. The van der Waals surface area contributed by atoms with Crippen molar-refractivity contribution in [3.05, 3.63) is 0 Å². The van der Waals surface area contributed by atoms with Gasteiger partial charge in [0.15, 0.2) is 12.6 Å². The molecule has 2 rings (SSSR count). The molecule has 270 valence electrons. The molecule has 13 atom stereocenters. The second kappa shape index (κ2) is 17.9. The topological polar surface area (TPSA) is 317 Å². The van der Waals surface area contributed by atoms with Gasteiger partial charge < -0.3 is 76.0 Å². The maximum Gasteiger partial charge on any atom is 0.326 e. The highest BCUT2D eigenvalue weighted by Crippen LogP contribution is 2.31. The van der Waals surface area contributed by atoms with Gasteiger partial charge in [0.1, 0.15) is 54.7 Å². The Hall–Kier alpha value is -3.05. The number of nitrogens with one attached hydrogen (secondary N) is 2. The minimum atomic E-state index is -1.81. The van der Waals surface area contributed by atoms with Crippen molar-refractivity contribution in [1.29, 1.82) is 0 Å². The molecule has 2 saturated heterocycles. The number of carbonyl (C=O) groups excluding carboxylic acids is 3. The molecule has 2 aliphatic heterocycles. The molecule has 20 heteroatoms. The van der Waals surface area contributed by atoms with Crippen LogP contribution < -0.4 is 16.4 Å². The van der Waals surface area contributed by atoms with Crippen LogP contribution in [0.4, 0.5) is 0 Å². The van der Waals surface area contributed by atoms with Crippen LogP contribution in [0.1, 0.15) is 40.5 Å². The fourth-order valence-corrected chi connectivity index (χ4v) is 5.42. The fourth-order valence-electron chi connectivity index (χ4n) is 5.42. The standard InChI is InChI=1S/C27H46N4O16/c1-10(7-31(24(40)11(2)28)14(25(41)42)5-6-17(36)37)44-23-19(30-13(4)35)26(43)45-16(9-33)22(23)47-27-18(29-12(3)34)21(39)20(38)15(8-32)46-27/h10-11,14-16,18-23,26-27,32-33,38-39,43H,5-9,28H2,1-4H3,(H,29,34)(H,30,35)(H,36,37)(H,41,42)/t10?,11-,14+,15+,16+,18+,19+,20+,21+,22+,23+,26-,27?/m0/s1. The third-order valence-electron chi connectivity index (χ3n) is 7.57. The Morgan fingerprint density at radius 3 is 1.94 bits per heavy atom. The smallest absolute Gasteiger partial charge is 0.326 e. The van der Waals surface area contributed by atoms with E-state index in [-0.39, 0.29) is 0 Å². The van der Waals surface area contributed by atoms with Crippen LogP contribution in [0.5, 0.6) is 0 Å². The van der Waals surface area contributed by atoms with E-state index in [4.69, 9.17) is 29.8 Å². The molecule has 2 heterocycles. The van der Waals surface area contributed by atoms with Gasteiger partial charge in [0.05, 0.1) is 25.4 Å². The van der Waals surface area contributed by atoms with Gasteiger partial charge in [-0.3, -0.25) is 19.2 Å². The van der Waals surface area contributed by atoms with Crippen molar-refractivity contribution < 1.29 is 78.7 Å². The van der Waals surface area contributed by atoms with Gasteiger partial charge in [0, 0.05) is 26.8 Å². The van der Waals surface area contributed by atoms with E-state index < -0.39 is 142 Å². The first-order valence-electron chi connectivity index (χ1n) is 14.9. The second-order valence-corrected chi connectivity index (χ2v) is 11.5. The van der Waals surface area contributed by atoms with Crippen molar-refractivity contribution in [2.75, 3.05) is 19.8 Å². The highest BCUT2D eigenvalue weighted by Gasteiger charge is 2.52. The Morgan fingerprint density at radius 2 is 1.45 bits per heavy atom. The summed E-state index contributed by atoms with van der Waals surface area (Å²) in [7, 11) is 0. The molecule has 0 aliphatic carbocycles. The van der Waals surface area contributed by atoms with Gasteiger partial charge in [0.25, 0.3) is 0 Å². The van der Waals surface area contributed by atoms with E-state index in [1.807, 2.05) is 0 Å². The lowest BCUT2D eigenvalue weighted by atomic mass is 9.94. The van der Waals surface area contributed by atoms with Gasteiger partial charge >= 0.3 is 11.9 Å². The summed E-state index contributed by atoms with van der Waals surface area (Å²) in [5.74, 6) is -4.99. The van der Waals surface area contributed by atoms with Gasteiger partial charge in [0.2, 0.25) is 17.7 Å². The lowest BCUT2D eigenvalue weighted by molar-refractivity contribution is -0.334. The molecule has 2 aliphatic rings. The van der Waals surface area contributed by atoms with Crippen LogP contribution in [0.15, 0.2) is 0 Å². The number of hydrogen-bond acceptors (Lipinski definition) is 15. The van der Waals surface area contributed by atoms with E-state index in [1.54, 1.807) is 0 Å². The Morgan fingerprint density at radius 1 is 0.872 bits per heavy atom. The van der Waals surface area contributed by atoms with Crippen LogP contribution in [0.25, 0.3) is 0 Å². The Labute approximate surface area is 269 Å². The molecule has 0 saturated carbocycles. The van der Waals surface area contributed by atoms with Gasteiger partial charge in [-0.15, -0.1) is 0 Å². The van der Waals surface area contributed by atoms with Crippen molar-refractivity contribution in [3.63, 3.8) is 0 Å². The monoisotopic (exact) mass is 682 g/mol. The molecule has 47 heavy (non-hydrogen) atoms. The van der Waals surface area contributed by atoms with Gasteiger partial charge in [-0.1, -0.05) is 0 Å². The molecule has 0 spiro atoms. The van der Waals surface area contributed by atoms with Crippen LogP contribution in [0.2, 0.25) is 0 Å². The predicted octanol–water partition coefficient (Wildman–Crippen LogP) is -5.20. The molecule has 2 fully saturated rings. The maximum absolute atomic E-state index is 13.0. The number of ether oxygens (including phenoxy) is 4. The van der Waals surface area contributed by atoms with Crippen LogP contribution in [-0.2, 0) is 42.9 Å². The summed E-state index contributed by atoms with van der Waals surface area (Å²) in [5, 5.41) is 75.6. The first-order chi connectivity index (χ1) is 21.9. The predicted molar refractivity (Wildman–Crippen MR) is 154 cm³/mol. The van der Waals surface area contributed by atoms with Crippen LogP contribution in [0.3, 0.4) is 0 Å². The highest BCUT2D eigenvalue weighted by molar-refractivity contribution is 5.87. The lowest BCUT2D eigenvalue weighted by Gasteiger charge is -2.49. The Bertz CT molecular complexity index is 1100. The molecule has 0 bridgehead atoms. The first-order valence-corrected chi connectivity index (χ1v) is 14.9. The first kappa shape index (κ1) is 40.1. The number of aliphatic carboxylic acids is 2. The van der Waals surface area contributed by atoms with E-state index in [0.29, 0.717) is 0 Å². The van der Waals surface area contributed by atoms with Crippen LogP contribution in [0, 0.1) is 0 Å². The second-order valence-electron chi connectivity index (χ2n) is 11.5. The number of rotatable bonds is 16. The summed E-state index contributed by atoms with van der Waals surface area (Å²) in [6.07, 6.45) is -14.9. The highest BCUT2D eigenvalue weighted by atomic mass is 16.7. The van der Waals surface area contributed by atoms with Gasteiger partial charge in [-0.2, -0.15) is 0 Å². The summed E-state index contributed by atoms with van der Waals surface area (Å²) in [6.45, 7) is 2.84. The van der Waals surface area contributed by atoms with E-state index in [2.05, 4.69) is 10.6 Å². The molecule has 3 amide bonds. The summed E-state index contributed by atoms with van der Waals surface area (Å²) in [4.78, 5) is 61.3. The molecule has 0 radical (unpaired) electrons. The number of carboxylic acids is 2. The molecule has 11 N–H and O–H groups in total. The molecule has 0 aromatic heterocycles. The van der Waals surface area contributed by atoms with Crippen molar-refractivity contribution in [1.82, 2.24) is 15.5 Å². The Kier molecular flexibility index (Phi) is 15.3. The number of aliphatic hydroxyl groups is 5.